The number of hydrogen-bond donors (Lipinski definition) is 3. The van der Waals surface area contributed by atoms with Crippen molar-refractivity contribution in [1.29, 1.82) is 0 Å². The van der Waals surface area contributed by atoms with Crippen LogP contribution in [0.15, 0.2) is 42.5 Å². The largest absolute Gasteiger partial charge is 0.507 e. The molecule has 2 aromatic rings. The van der Waals surface area contributed by atoms with Crippen molar-refractivity contribution in [3.05, 3.63) is 42.5 Å². The molecule has 0 saturated carbocycles. The molecule has 28 heavy (non-hydrogen) atoms. The number of fused-ring (bicyclic) bond motifs is 1. The fourth-order valence-corrected chi connectivity index (χ4v) is 4.08. The first-order valence-electron chi connectivity index (χ1n) is 10.2. The highest BCUT2D eigenvalue weighted by atomic mass is 32.2. The zero-order valence-corrected chi connectivity index (χ0v) is 17.7. The van der Waals surface area contributed by atoms with E-state index in [0.29, 0.717) is 31.6 Å². The first-order chi connectivity index (χ1) is 13.4. The molecule has 6 heteroatoms. The van der Waals surface area contributed by atoms with Crippen LogP contribution in [-0.4, -0.2) is 29.9 Å². The maximum atomic E-state index is 11.1. The lowest BCUT2D eigenvalue weighted by Crippen LogP contribution is -2.21. The monoisotopic (exact) mass is 409 g/mol. The Morgan fingerprint density at radius 1 is 0.893 bits per heavy atom. The van der Waals surface area contributed by atoms with Crippen LogP contribution >= 0.6 is 0 Å². The van der Waals surface area contributed by atoms with E-state index >= 15 is 0 Å². The van der Waals surface area contributed by atoms with Crippen LogP contribution in [-0.2, 0) is 10.1 Å². The second kappa shape index (κ2) is 13.5. The molecule has 0 aromatic heterocycles. The summed E-state index contributed by atoms with van der Waals surface area (Å²) in [5.74, 6) is 0.350. The first-order valence-corrected chi connectivity index (χ1v) is 11.7. The van der Waals surface area contributed by atoms with Crippen molar-refractivity contribution in [3.8, 4) is 5.75 Å². The molecule has 0 heterocycles. The molecule has 0 saturated heterocycles. The second-order valence-electron chi connectivity index (χ2n) is 7.12. The molecule has 4 N–H and O–H groups in total. The van der Waals surface area contributed by atoms with Crippen molar-refractivity contribution in [2.75, 3.05) is 6.54 Å². The van der Waals surface area contributed by atoms with E-state index in [1.165, 1.54) is 19.3 Å². The van der Waals surface area contributed by atoms with Crippen molar-refractivity contribution >= 4 is 20.9 Å². The van der Waals surface area contributed by atoms with Crippen LogP contribution in [0.2, 0.25) is 0 Å². The number of hydrogen-bond acceptors (Lipinski definition) is 4. The van der Waals surface area contributed by atoms with Gasteiger partial charge in [0, 0.05) is 5.39 Å². The molecule has 0 aliphatic heterocycles. The van der Waals surface area contributed by atoms with E-state index in [-0.39, 0.29) is 0 Å². The minimum Gasteiger partial charge on any atom is -0.507 e. The van der Waals surface area contributed by atoms with E-state index in [1.54, 1.807) is 6.07 Å². The van der Waals surface area contributed by atoms with Crippen molar-refractivity contribution in [2.24, 2.45) is 5.73 Å². The number of rotatable bonds is 11. The summed E-state index contributed by atoms with van der Waals surface area (Å²) in [5, 5.41) is 10.7. The molecule has 0 amide bonds. The van der Waals surface area contributed by atoms with E-state index in [2.05, 4.69) is 6.92 Å². The Kier molecular flexibility index (Phi) is 11.8. The topological polar surface area (TPSA) is 101 Å². The molecule has 0 aliphatic carbocycles. The van der Waals surface area contributed by atoms with Gasteiger partial charge in [-0.3, -0.25) is 4.55 Å². The van der Waals surface area contributed by atoms with Gasteiger partial charge in [-0.25, -0.2) is 0 Å². The number of phenols is 1. The second-order valence-corrected chi connectivity index (χ2v) is 8.82. The van der Waals surface area contributed by atoms with Crippen molar-refractivity contribution in [1.82, 2.24) is 0 Å². The predicted octanol–water partition coefficient (Wildman–Crippen LogP) is 5.28. The molecule has 158 valence electrons. The van der Waals surface area contributed by atoms with E-state index in [4.69, 9.17) is 10.3 Å². The van der Waals surface area contributed by atoms with Crippen molar-refractivity contribution < 1.29 is 18.1 Å². The Morgan fingerprint density at radius 2 is 1.50 bits per heavy atom. The van der Waals surface area contributed by atoms with Gasteiger partial charge in [-0.05, 0) is 37.3 Å². The van der Waals surface area contributed by atoms with Gasteiger partial charge in [-0.2, -0.15) is 8.42 Å². The van der Waals surface area contributed by atoms with Gasteiger partial charge >= 0.3 is 0 Å². The fraction of sp³-hybridized carbons (Fsp3) is 0.545. The van der Waals surface area contributed by atoms with Gasteiger partial charge in [0.15, 0.2) is 0 Å². The summed E-state index contributed by atoms with van der Waals surface area (Å²) >= 11 is 0. The van der Waals surface area contributed by atoms with E-state index in [9.17, 15) is 13.5 Å². The Labute approximate surface area is 169 Å². The molecule has 0 bridgehead atoms. The fourth-order valence-electron chi connectivity index (χ4n) is 3.15. The van der Waals surface area contributed by atoms with Crippen LogP contribution in [0.4, 0.5) is 0 Å². The number of aromatic hydroxyl groups is 1. The molecule has 0 spiro atoms. The van der Waals surface area contributed by atoms with Crippen LogP contribution < -0.4 is 5.73 Å². The third-order valence-corrected chi connectivity index (χ3v) is 6.11. The van der Waals surface area contributed by atoms with Crippen LogP contribution in [0, 0.1) is 0 Å². The SMILES string of the molecule is CCCCCCCCC(CCCN)S(=O)(=O)O.Oc1cccc2ccccc12. The van der Waals surface area contributed by atoms with E-state index in [0.717, 1.165) is 30.0 Å². The quantitative estimate of drug-likeness (QED) is 0.346. The molecule has 0 fully saturated rings. The van der Waals surface area contributed by atoms with E-state index < -0.39 is 15.4 Å². The Hall–Kier alpha value is -1.63. The summed E-state index contributed by atoms with van der Waals surface area (Å²) in [6.07, 6.45) is 8.45. The highest BCUT2D eigenvalue weighted by Gasteiger charge is 2.21. The summed E-state index contributed by atoms with van der Waals surface area (Å²) < 4.78 is 31.3. The summed E-state index contributed by atoms with van der Waals surface area (Å²) in [5.41, 5.74) is 5.35. The molecule has 0 aliphatic rings. The average Bonchev–Trinajstić information content (AvgIpc) is 2.67. The lowest BCUT2D eigenvalue weighted by atomic mass is 10.1. The first kappa shape index (κ1) is 24.4. The van der Waals surface area contributed by atoms with Gasteiger partial charge in [0.25, 0.3) is 10.1 Å². The van der Waals surface area contributed by atoms with Crippen LogP contribution in [0.5, 0.6) is 5.75 Å². The maximum absolute atomic E-state index is 11.1. The lowest BCUT2D eigenvalue weighted by molar-refractivity contribution is 0.447. The maximum Gasteiger partial charge on any atom is 0.267 e. The van der Waals surface area contributed by atoms with Gasteiger partial charge < -0.3 is 10.8 Å². The molecular weight excluding hydrogens is 374 g/mol. The van der Waals surface area contributed by atoms with Gasteiger partial charge in [-0.15, -0.1) is 0 Å². The highest BCUT2D eigenvalue weighted by molar-refractivity contribution is 7.86. The summed E-state index contributed by atoms with van der Waals surface area (Å²) in [7, 11) is -3.89. The van der Waals surface area contributed by atoms with Gasteiger partial charge in [0.05, 0.1) is 5.25 Å². The van der Waals surface area contributed by atoms with Gasteiger partial charge in [-0.1, -0.05) is 81.8 Å². The number of phenolic OH excluding ortho intramolecular Hbond substituents is 1. The standard InChI is InChI=1S/C12H27NO3S.C10H8O/c1-2-3-4-5-6-7-9-12(10-8-11-13)17(14,15)16;11-10-7-3-5-8-4-1-2-6-9(8)10/h12H,2-11,13H2,1H3,(H,14,15,16);1-7,11H. The molecule has 2 rings (SSSR count). The van der Waals surface area contributed by atoms with Gasteiger partial charge in [0.2, 0.25) is 0 Å². The molecular formula is C22H35NO4S. The predicted molar refractivity (Wildman–Crippen MR) is 117 cm³/mol. The van der Waals surface area contributed by atoms with Crippen molar-refractivity contribution in [2.45, 2.75) is 70.0 Å². The zero-order valence-electron chi connectivity index (χ0n) is 16.9. The molecule has 1 atom stereocenters. The average molecular weight is 410 g/mol. The Morgan fingerprint density at radius 3 is 2.14 bits per heavy atom. The number of unbranched alkanes of at least 4 members (excludes halogenated alkanes) is 5. The number of nitrogens with two attached hydrogens (primary N) is 1. The minimum atomic E-state index is -3.89. The smallest absolute Gasteiger partial charge is 0.267 e. The summed E-state index contributed by atoms with van der Waals surface area (Å²) in [6, 6.07) is 13.3. The van der Waals surface area contributed by atoms with E-state index in [1.807, 2.05) is 36.4 Å². The third kappa shape index (κ3) is 9.53. The molecule has 1 unspecified atom stereocenters. The van der Waals surface area contributed by atoms with Crippen LogP contribution in [0.1, 0.15) is 64.7 Å². The Balaban J connectivity index is 0.000000302. The van der Waals surface area contributed by atoms with Crippen LogP contribution in [0.25, 0.3) is 10.8 Å². The Bertz CT molecular complexity index is 772. The van der Waals surface area contributed by atoms with Gasteiger partial charge in [0.1, 0.15) is 5.75 Å². The lowest BCUT2D eigenvalue weighted by Gasteiger charge is -2.12. The number of benzene rings is 2. The summed E-state index contributed by atoms with van der Waals surface area (Å²) in [4.78, 5) is 0. The molecule has 0 radical (unpaired) electrons. The van der Waals surface area contributed by atoms with Crippen molar-refractivity contribution in [3.63, 3.8) is 0 Å². The highest BCUT2D eigenvalue weighted by Crippen LogP contribution is 2.23. The minimum absolute atomic E-state index is 0.350. The summed E-state index contributed by atoms with van der Waals surface area (Å²) in [6.45, 7) is 2.64. The normalized spacial score (nSPS) is 12.4. The van der Waals surface area contributed by atoms with Crippen LogP contribution in [0.3, 0.4) is 0 Å². The molecule has 2 aromatic carbocycles. The third-order valence-electron chi connectivity index (χ3n) is 4.80. The molecule has 5 nitrogen and oxygen atoms in total. The zero-order chi connectivity index (χ0) is 20.8.